The van der Waals surface area contributed by atoms with Crippen LogP contribution in [0.5, 0.6) is 0 Å². The van der Waals surface area contributed by atoms with Crippen molar-refractivity contribution >= 4 is 22.9 Å². The third-order valence-electron chi connectivity index (χ3n) is 2.87. The number of nitrogens with one attached hydrogen (secondary N) is 1. The zero-order valence-corrected chi connectivity index (χ0v) is 10.9. The first-order chi connectivity index (χ1) is 9.67. The summed E-state index contributed by atoms with van der Waals surface area (Å²) in [5, 5.41) is 9.97. The lowest BCUT2D eigenvalue weighted by atomic mass is 10.1. The van der Waals surface area contributed by atoms with E-state index < -0.39 is 5.25 Å². The summed E-state index contributed by atoms with van der Waals surface area (Å²) in [5.74, 6) is 0.677. The number of furan rings is 1. The molecule has 0 bridgehead atoms. The normalized spacial score (nSPS) is 17.9. The summed E-state index contributed by atoms with van der Waals surface area (Å²) < 4.78 is 5.63. The van der Waals surface area contributed by atoms with Gasteiger partial charge in [-0.25, -0.2) is 0 Å². The van der Waals surface area contributed by atoms with Crippen LogP contribution in [-0.4, -0.2) is 11.1 Å². The van der Waals surface area contributed by atoms with E-state index in [1.807, 2.05) is 6.07 Å². The van der Waals surface area contributed by atoms with Gasteiger partial charge >= 0.3 is 0 Å². The lowest BCUT2D eigenvalue weighted by Gasteiger charge is -2.01. The van der Waals surface area contributed by atoms with Gasteiger partial charge in [-0.05, 0) is 48.2 Å². The maximum absolute atomic E-state index is 11.6. The zero-order chi connectivity index (χ0) is 14.1. The number of thioether (sulfide) groups is 1. The highest BCUT2D eigenvalue weighted by Gasteiger charge is 2.35. The van der Waals surface area contributed by atoms with Crippen molar-refractivity contribution < 1.29 is 14.0 Å². The summed E-state index contributed by atoms with van der Waals surface area (Å²) in [6.07, 6.45) is 0. The summed E-state index contributed by atoms with van der Waals surface area (Å²) in [7, 11) is 0. The third kappa shape index (κ3) is 2.19. The Kier molecular flexibility index (Phi) is 3.05. The molecule has 1 atom stereocenters. The average molecular weight is 284 g/mol. The SMILES string of the molecule is N#Cc1ccc(-c2ccc(C3SC(=O)NC3=O)o2)cc1. The largest absolute Gasteiger partial charge is 0.459 e. The fourth-order valence-corrected chi connectivity index (χ4v) is 2.68. The van der Waals surface area contributed by atoms with Gasteiger partial charge in [-0.2, -0.15) is 5.26 Å². The fraction of sp³-hybridized carbons (Fsp3) is 0.0714. The summed E-state index contributed by atoms with van der Waals surface area (Å²) in [6.45, 7) is 0. The van der Waals surface area contributed by atoms with Crippen molar-refractivity contribution in [3.8, 4) is 17.4 Å². The van der Waals surface area contributed by atoms with E-state index in [1.165, 1.54) is 0 Å². The Hall–Kier alpha value is -2.52. The van der Waals surface area contributed by atoms with E-state index >= 15 is 0 Å². The first-order valence-electron chi connectivity index (χ1n) is 5.79. The highest BCUT2D eigenvalue weighted by atomic mass is 32.2. The molecule has 20 heavy (non-hydrogen) atoms. The second-order valence-electron chi connectivity index (χ2n) is 4.17. The topological polar surface area (TPSA) is 83.1 Å². The minimum absolute atomic E-state index is 0.360. The van der Waals surface area contributed by atoms with Gasteiger partial charge in [-0.3, -0.25) is 14.9 Å². The van der Waals surface area contributed by atoms with Crippen LogP contribution in [-0.2, 0) is 4.79 Å². The van der Waals surface area contributed by atoms with Crippen LogP contribution in [0, 0.1) is 11.3 Å². The molecule has 1 saturated heterocycles. The number of imide groups is 1. The molecule has 1 N–H and O–H groups in total. The maximum atomic E-state index is 11.6. The predicted octanol–water partition coefficient (Wildman–Crippen LogP) is 2.84. The van der Waals surface area contributed by atoms with Crippen LogP contribution < -0.4 is 5.32 Å². The highest BCUT2D eigenvalue weighted by molar-refractivity contribution is 8.15. The summed E-state index contributed by atoms with van der Waals surface area (Å²) in [5.41, 5.74) is 1.38. The van der Waals surface area contributed by atoms with Crippen LogP contribution in [0.15, 0.2) is 40.8 Å². The van der Waals surface area contributed by atoms with Crippen LogP contribution in [0.2, 0.25) is 0 Å². The van der Waals surface area contributed by atoms with Gasteiger partial charge in [0.05, 0.1) is 11.6 Å². The van der Waals surface area contributed by atoms with Crippen LogP contribution in [0.4, 0.5) is 4.79 Å². The quantitative estimate of drug-likeness (QED) is 0.916. The molecule has 1 aliphatic heterocycles. The molecule has 98 valence electrons. The van der Waals surface area contributed by atoms with Crippen molar-refractivity contribution in [1.82, 2.24) is 5.32 Å². The van der Waals surface area contributed by atoms with Crippen molar-refractivity contribution in [3.63, 3.8) is 0 Å². The first-order valence-corrected chi connectivity index (χ1v) is 6.67. The first kappa shape index (κ1) is 12.5. The van der Waals surface area contributed by atoms with Crippen molar-refractivity contribution in [2.24, 2.45) is 0 Å². The Bertz CT molecular complexity index is 728. The molecule has 0 aliphatic carbocycles. The molecule has 1 unspecified atom stereocenters. The Morgan fingerprint density at radius 1 is 1.15 bits per heavy atom. The minimum Gasteiger partial charge on any atom is -0.459 e. The number of nitriles is 1. The molecular weight excluding hydrogens is 276 g/mol. The molecule has 2 aromatic rings. The van der Waals surface area contributed by atoms with Gasteiger partial charge in [0.2, 0.25) is 5.91 Å². The van der Waals surface area contributed by atoms with E-state index in [0.717, 1.165) is 17.3 Å². The molecule has 1 aromatic carbocycles. The minimum atomic E-state index is -0.630. The molecular formula is C14H8N2O3S. The number of benzene rings is 1. The second-order valence-corrected chi connectivity index (χ2v) is 5.24. The lowest BCUT2D eigenvalue weighted by molar-refractivity contribution is -0.119. The summed E-state index contributed by atoms with van der Waals surface area (Å²) in [4.78, 5) is 22.7. The van der Waals surface area contributed by atoms with E-state index in [1.54, 1.807) is 36.4 Å². The number of carbonyl (C=O) groups excluding carboxylic acids is 2. The Labute approximate surface area is 118 Å². The van der Waals surface area contributed by atoms with Gasteiger partial charge in [0, 0.05) is 5.56 Å². The molecule has 2 heterocycles. The van der Waals surface area contributed by atoms with Crippen LogP contribution in [0.25, 0.3) is 11.3 Å². The van der Waals surface area contributed by atoms with Crippen molar-refractivity contribution in [1.29, 1.82) is 5.26 Å². The van der Waals surface area contributed by atoms with E-state index in [2.05, 4.69) is 5.32 Å². The molecule has 1 aromatic heterocycles. The number of hydrogen-bond acceptors (Lipinski definition) is 5. The molecule has 1 aliphatic rings. The number of nitrogens with zero attached hydrogens (tertiary/aromatic N) is 1. The molecule has 1 fully saturated rings. The molecule has 6 heteroatoms. The van der Waals surface area contributed by atoms with E-state index in [-0.39, 0.29) is 11.1 Å². The number of amides is 2. The van der Waals surface area contributed by atoms with Gasteiger partial charge in [0.1, 0.15) is 11.5 Å². The van der Waals surface area contributed by atoms with Gasteiger partial charge in [-0.15, -0.1) is 0 Å². The van der Waals surface area contributed by atoms with E-state index in [0.29, 0.717) is 17.1 Å². The van der Waals surface area contributed by atoms with Gasteiger partial charge < -0.3 is 4.42 Å². The van der Waals surface area contributed by atoms with Crippen molar-refractivity contribution in [3.05, 3.63) is 47.7 Å². The summed E-state index contributed by atoms with van der Waals surface area (Å²) in [6, 6.07) is 12.4. The Morgan fingerprint density at radius 2 is 1.90 bits per heavy atom. The van der Waals surface area contributed by atoms with Gasteiger partial charge in [0.15, 0.2) is 5.25 Å². The monoisotopic (exact) mass is 284 g/mol. The zero-order valence-electron chi connectivity index (χ0n) is 10.1. The van der Waals surface area contributed by atoms with Crippen LogP contribution >= 0.6 is 11.8 Å². The van der Waals surface area contributed by atoms with E-state index in [9.17, 15) is 9.59 Å². The van der Waals surface area contributed by atoms with Crippen molar-refractivity contribution in [2.75, 3.05) is 0 Å². The fourth-order valence-electron chi connectivity index (χ4n) is 1.90. The third-order valence-corrected chi connectivity index (χ3v) is 3.87. The number of rotatable bonds is 2. The molecule has 0 radical (unpaired) electrons. The van der Waals surface area contributed by atoms with Gasteiger partial charge in [-0.1, -0.05) is 0 Å². The highest BCUT2D eigenvalue weighted by Crippen LogP contribution is 2.36. The smallest absolute Gasteiger partial charge is 0.286 e. The Balaban J connectivity index is 1.88. The average Bonchev–Trinajstić information content (AvgIpc) is 3.05. The number of hydrogen-bond donors (Lipinski definition) is 1. The van der Waals surface area contributed by atoms with Gasteiger partial charge in [0.25, 0.3) is 5.24 Å². The standard InChI is InChI=1S/C14H8N2O3S/c15-7-8-1-3-9(4-2-8)10-5-6-11(19-10)12-13(17)16-14(18)20-12/h1-6,12H,(H,16,17,18). The molecule has 5 nitrogen and oxygen atoms in total. The Morgan fingerprint density at radius 3 is 2.50 bits per heavy atom. The summed E-state index contributed by atoms with van der Waals surface area (Å²) >= 11 is 0.905. The van der Waals surface area contributed by atoms with Crippen LogP contribution in [0.3, 0.4) is 0 Å². The van der Waals surface area contributed by atoms with Crippen LogP contribution in [0.1, 0.15) is 16.6 Å². The molecule has 0 saturated carbocycles. The predicted molar refractivity (Wildman–Crippen MR) is 72.7 cm³/mol. The maximum Gasteiger partial charge on any atom is 0.286 e. The molecule has 2 amide bonds. The van der Waals surface area contributed by atoms with Crippen molar-refractivity contribution in [2.45, 2.75) is 5.25 Å². The lowest BCUT2D eigenvalue weighted by Crippen LogP contribution is -2.20. The molecule has 3 rings (SSSR count). The van der Waals surface area contributed by atoms with E-state index in [4.69, 9.17) is 9.68 Å². The molecule has 0 spiro atoms. The second kappa shape index (κ2) is 4.87. The number of carbonyl (C=O) groups is 2.